The first-order chi connectivity index (χ1) is 15.1. The molecule has 7 nitrogen and oxygen atoms in total. The van der Waals surface area contributed by atoms with Crippen LogP contribution in [0.25, 0.3) is 0 Å². The van der Waals surface area contributed by atoms with Crippen molar-refractivity contribution in [3.8, 4) is 5.75 Å². The molecule has 0 heterocycles. The number of esters is 1. The van der Waals surface area contributed by atoms with Crippen molar-refractivity contribution in [1.29, 1.82) is 0 Å². The van der Waals surface area contributed by atoms with Gasteiger partial charge in [-0.25, -0.2) is 17.9 Å². The van der Waals surface area contributed by atoms with Crippen molar-refractivity contribution in [3.63, 3.8) is 0 Å². The Kier molecular flexibility index (Phi) is 7.63. The van der Waals surface area contributed by atoms with Gasteiger partial charge in [0.15, 0.2) is 0 Å². The standard InChI is InChI=1S/C25H33NO6S/c1-8-32-23(29)17-9-11-18(12-10-17)33(30,31)26-21(27)15-16-13-19(24(2,3)4)22(28)20(14-16)25(5,6)7/h9-14,28H,8,15H2,1-7H3,(H,26,27). The normalized spacial score (nSPS) is 12.3. The Morgan fingerprint density at radius 3 is 1.85 bits per heavy atom. The summed E-state index contributed by atoms with van der Waals surface area (Å²) in [5.74, 6) is -1.06. The van der Waals surface area contributed by atoms with Crippen LogP contribution in [0, 0.1) is 0 Å². The number of hydrogen-bond donors (Lipinski definition) is 2. The number of carbonyl (C=O) groups excluding carboxylic acids is 2. The average Bonchev–Trinajstić information content (AvgIpc) is 2.67. The summed E-state index contributed by atoms with van der Waals surface area (Å²) in [6.45, 7) is 13.7. The van der Waals surface area contributed by atoms with E-state index in [-0.39, 0.29) is 40.1 Å². The topological polar surface area (TPSA) is 110 Å². The fourth-order valence-electron chi connectivity index (χ4n) is 3.35. The zero-order chi connectivity index (χ0) is 25.2. The molecule has 0 aliphatic heterocycles. The molecule has 0 aliphatic rings. The van der Waals surface area contributed by atoms with Crippen molar-refractivity contribution in [2.45, 2.75) is 70.6 Å². The van der Waals surface area contributed by atoms with E-state index in [0.717, 1.165) is 0 Å². The fourth-order valence-corrected chi connectivity index (χ4v) is 4.34. The maximum Gasteiger partial charge on any atom is 0.338 e. The Bertz CT molecular complexity index is 1100. The Balaban J connectivity index is 2.29. The number of ether oxygens (including phenoxy) is 1. The van der Waals surface area contributed by atoms with Crippen molar-refractivity contribution in [1.82, 2.24) is 4.72 Å². The largest absolute Gasteiger partial charge is 0.507 e. The molecule has 0 aromatic heterocycles. The Morgan fingerprint density at radius 2 is 1.42 bits per heavy atom. The number of aromatic hydroxyl groups is 1. The van der Waals surface area contributed by atoms with E-state index in [4.69, 9.17) is 4.74 Å². The van der Waals surface area contributed by atoms with Gasteiger partial charge in [0, 0.05) is 0 Å². The monoisotopic (exact) mass is 475 g/mol. The maximum absolute atomic E-state index is 12.7. The lowest BCUT2D eigenvalue weighted by Gasteiger charge is -2.28. The number of carbonyl (C=O) groups is 2. The second-order valence-corrected chi connectivity index (χ2v) is 11.7. The molecule has 0 bridgehead atoms. The van der Waals surface area contributed by atoms with E-state index in [1.165, 1.54) is 24.3 Å². The van der Waals surface area contributed by atoms with Crippen molar-refractivity contribution in [2.75, 3.05) is 6.61 Å². The van der Waals surface area contributed by atoms with E-state index in [2.05, 4.69) is 4.72 Å². The fraction of sp³-hybridized carbons (Fsp3) is 0.440. The van der Waals surface area contributed by atoms with Gasteiger partial charge in [0.25, 0.3) is 10.0 Å². The molecule has 0 spiro atoms. The third-order valence-corrected chi connectivity index (χ3v) is 6.46. The van der Waals surface area contributed by atoms with Gasteiger partial charge in [-0.05, 0) is 58.7 Å². The van der Waals surface area contributed by atoms with Gasteiger partial charge in [0.1, 0.15) is 5.75 Å². The molecule has 0 saturated carbocycles. The quantitative estimate of drug-likeness (QED) is 0.606. The lowest BCUT2D eigenvalue weighted by Crippen LogP contribution is -2.32. The molecular formula is C25H33NO6S. The summed E-state index contributed by atoms with van der Waals surface area (Å²) in [6, 6.07) is 8.65. The van der Waals surface area contributed by atoms with Crippen LogP contribution in [0.1, 0.15) is 75.5 Å². The van der Waals surface area contributed by atoms with Gasteiger partial charge >= 0.3 is 5.97 Å². The van der Waals surface area contributed by atoms with E-state index in [0.29, 0.717) is 16.7 Å². The van der Waals surface area contributed by atoms with E-state index in [1.54, 1.807) is 19.1 Å². The van der Waals surface area contributed by atoms with Crippen LogP contribution in [-0.2, 0) is 36.8 Å². The summed E-state index contributed by atoms with van der Waals surface area (Å²) in [5, 5.41) is 10.8. The maximum atomic E-state index is 12.7. The highest BCUT2D eigenvalue weighted by Gasteiger charge is 2.27. The van der Waals surface area contributed by atoms with E-state index < -0.39 is 21.9 Å². The Morgan fingerprint density at radius 1 is 0.939 bits per heavy atom. The molecule has 8 heteroatoms. The molecule has 0 radical (unpaired) electrons. The van der Waals surface area contributed by atoms with Crippen LogP contribution in [0.4, 0.5) is 0 Å². The highest BCUT2D eigenvalue weighted by Crippen LogP contribution is 2.39. The summed E-state index contributed by atoms with van der Waals surface area (Å²) in [5.41, 5.74) is 1.46. The number of nitrogens with one attached hydrogen (secondary N) is 1. The van der Waals surface area contributed by atoms with Crippen LogP contribution in [0.3, 0.4) is 0 Å². The molecule has 0 unspecified atom stereocenters. The smallest absolute Gasteiger partial charge is 0.338 e. The third-order valence-electron chi connectivity index (χ3n) is 5.07. The van der Waals surface area contributed by atoms with Crippen LogP contribution in [0.5, 0.6) is 5.75 Å². The Hall–Kier alpha value is -2.87. The SMILES string of the molecule is CCOC(=O)c1ccc(S(=O)(=O)NC(=O)Cc2cc(C(C)(C)C)c(O)c(C(C)(C)C)c2)cc1. The number of benzene rings is 2. The van der Waals surface area contributed by atoms with Crippen LogP contribution in [-0.4, -0.2) is 32.0 Å². The molecule has 2 aromatic carbocycles. The molecule has 0 saturated heterocycles. The molecule has 2 aromatic rings. The highest BCUT2D eigenvalue weighted by molar-refractivity contribution is 7.90. The molecule has 180 valence electrons. The molecule has 1 amide bonds. The summed E-state index contributed by atoms with van der Waals surface area (Å²) < 4.78 is 32.3. The zero-order valence-corrected chi connectivity index (χ0v) is 21.1. The summed E-state index contributed by atoms with van der Waals surface area (Å²) in [6.07, 6.45) is -0.174. The van der Waals surface area contributed by atoms with Gasteiger partial charge in [-0.3, -0.25) is 4.79 Å². The minimum absolute atomic E-state index is 0.139. The number of phenols is 1. The first-order valence-electron chi connectivity index (χ1n) is 10.8. The Labute approximate surface area is 196 Å². The molecule has 0 aliphatic carbocycles. The number of rotatable bonds is 6. The minimum atomic E-state index is -4.12. The lowest BCUT2D eigenvalue weighted by atomic mass is 9.78. The van der Waals surface area contributed by atoms with Crippen LogP contribution in [0.2, 0.25) is 0 Å². The minimum Gasteiger partial charge on any atom is -0.507 e. The molecule has 33 heavy (non-hydrogen) atoms. The van der Waals surface area contributed by atoms with Gasteiger partial charge in [-0.1, -0.05) is 53.7 Å². The van der Waals surface area contributed by atoms with Gasteiger partial charge in [-0.15, -0.1) is 0 Å². The number of amides is 1. The van der Waals surface area contributed by atoms with E-state index in [1.807, 2.05) is 41.5 Å². The van der Waals surface area contributed by atoms with E-state index in [9.17, 15) is 23.1 Å². The highest BCUT2D eigenvalue weighted by atomic mass is 32.2. The molecular weight excluding hydrogens is 442 g/mol. The van der Waals surface area contributed by atoms with Gasteiger partial charge in [0.2, 0.25) is 5.91 Å². The second kappa shape index (κ2) is 9.55. The molecule has 2 rings (SSSR count). The average molecular weight is 476 g/mol. The predicted octanol–water partition coefficient (Wildman–Crippen LogP) is 4.21. The molecule has 0 fully saturated rings. The molecule has 0 atom stereocenters. The number of phenolic OH excluding ortho intramolecular Hbond substituents is 1. The summed E-state index contributed by atoms with van der Waals surface area (Å²) in [4.78, 5) is 24.3. The van der Waals surface area contributed by atoms with Gasteiger partial charge < -0.3 is 9.84 Å². The summed E-state index contributed by atoms with van der Waals surface area (Å²) in [7, 11) is -4.12. The van der Waals surface area contributed by atoms with Gasteiger partial charge in [-0.2, -0.15) is 0 Å². The van der Waals surface area contributed by atoms with Gasteiger partial charge in [0.05, 0.1) is 23.5 Å². The van der Waals surface area contributed by atoms with Crippen molar-refractivity contribution >= 4 is 21.9 Å². The molecule has 2 N–H and O–H groups in total. The second-order valence-electron chi connectivity index (χ2n) is 9.99. The number of sulfonamides is 1. The predicted molar refractivity (Wildman–Crippen MR) is 127 cm³/mol. The van der Waals surface area contributed by atoms with E-state index >= 15 is 0 Å². The van der Waals surface area contributed by atoms with Crippen molar-refractivity contribution in [3.05, 3.63) is 58.7 Å². The van der Waals surface area contributed by atoms with Crippen LogP contribution < -0.4 is 4.72 Å². The first-order valence-corrected chi connectivity index (χ1v) is 12.2. The zero-order valence-electron chi connectivity index (χ0n) is 20.3. The van der Waals surface area contributed by atoms with Crippen LogP contribution in [0.15, 0.2) is 41.3 Å². The van der Waals surface area contributed by atoms with Crippen molar-refractivity contribution < 1.29 is 27.9 Å². The van der Waals surface area contributed by atoms with Crippen LogP contribution >= 0.6 is 0 Å². The first kappa shape index (κ1) is 26.4. The summed E-state index contributed by atoms with van der Waals surface area (Å²) >= 11 is 0. The lowest BCUT2D eigenvalue weighted by molar-refractivity contribution is -0.118. The van der Waals surface area contributed by atoms with Crippen molar-refractivity contribution in [2.24, 2.45) is 0 Å². The third kappa shape index (κ3) is 6.57. The number of hydrogen-bond acceptors (Lipinski definition) is 6.